The number of fused-ring (bicyclic) bond motifs is 6. The maximum absolute atomic E-state index is 5.44. The Morgan fingerprint density at radius 1 is 0.312 bits per heavy atom. The molecule has 4 aromatic heterocycles. The highest BCUT2D eigenvalue weighted by molar-refractivity contribution is 6.12. The first-order valence-electron chi connectivity index (χ1n) is 21.5. The Balaban J connectivity index is 1.20. The molecule has 0 saturated heterocycles. The summed E-state index contributed by atoms with van der Waals surface area (Å²) in [5.74, 6) is 2.73. The summed E-state index contributed by atoms with van der Waals surface area (Å²) in [6.45, 7) is 3.83. The van der Waals surface area contributed by atoms with Crippen LogP contribution in [0.3, 0.4) is 0 Å². The van der Waals surface area contributed by atoms with Crippen molar-refractivity contribution in [2.75, 3.05) is 0 Å². The fourth-order valence-corrected chi connectivity index (χ4v) is 9.46. The number of aryl methyl sites for hydroxylation is 2. The summed E-state index contributed by atoms with van der Waals surface area (Å²) in [4.78, 5) is 24.6. The fourth-order valence-electron chi connectivity index (χ4n) is 9.46. The van der Waals surface area contributed by atoms with Gasteiger partial charge in [0.2, 0.25) is 0 Å². The van der Waals surface area contributed by atoms with Gasteiger partial charge in [-0.2, -0.15) is 0 Å². The molecular formula is C57H39N7. The van der Waals surface area contributed by atoms with Gasteiger partial charge in [0, 0.05) is 54.9 Å². The molecule has 12 aromatic rings. The zero-order valence-electron chi connectivity index (χ0n) is 35.2. The van der Waals surface area contributed by atoms with Crippen LogP contribution in [0.15, 0.2) is 200 Å². The molecule has 0 saturated carbocycles. The number of aromatic nitrogens is 7. The Bertz CT molecular complexity index is 3620. The average Bonchev–Trinajstić information content (AvgIpc) is 3.86. The smallest absolute Gasteiger partial charge is 0.163 e. The number of rotatable bonds is 7. The normalized spacial score (nSPS) is 11.6. The van der Waals surface area contributed by atoms with Crippen molar-refractivity contribution in [3.05, 3.63) is 212 Å². The van der Waals surface area contributed by atoms with Gasteiger partial charge in [-0.15, -0.1) is 0 Å². The summed E-state index contributed by atoms with van der Waals surface area (Å²) < 4.78 is 4.83. The van der Waals surface area contributed by atoms with Crippen LogP contribution < -0.4 is 0 Å². The largest absolute Gasteiger partial charge is 0.309 e. The molecule has 0 aliphatic heterocycles. The Hall–Kier alpha value is -8.55. The van der Waals surface area contributed by atoms with E-state index in [0.29, 0.717) is 23.3 Å². The molecule has 0 spiro atoms. The van der Waals surface area contributed by atoms with Gasteiger partial charge in [0.05, 0.1) is 44.8 Å². The summed E-state index contributed by atoms with van der Waals surface area (Å²) in [6, 6.07) is 70.8. The molecule has 0 amide bonds. The van der Waals surface area contributed by atoms with Gasteiger partial charge in [0.25, 0.3) is 0 Å². The second-order valence-corrected chi connectivity index (χ2v) is 16.1. The van der Waals surface area contributed by atoms with E-state index in [0.717, 1.165) is 89.0 Å². The van der Waals surface area contributed by atoms with Crippen molar-refractivity contribution in [2.24, 2.45) is 0 Å². The van der Waals surface area contributed by atoms with Crippen LogP contribution in [-0.4, -0.2) is 34.1 Å². The average molecular weight is 822 g/mol. The van der Waals surface area contributed by atoms with Gasteiger partial charge < -0.3 is 9.13 Å². The van der Waals surface area contributed by atoms with Gasteiger partial charge in [-0.1, -0.05) is 146 Å². The van der Waals surface area contributed by atoms with Gasteiger partial charge in [-0.3, -0.25) is 0 Å². The number of para-hydroxylation sites is 4. The van der Waals surface area contributed by atoms with Crippen LogP contribution in [0.25, 0.3) is 111 Å². The maximum atomic E-state index is 5.44. The molecule has 0 unspecified atom stereocenters. The molecule has 0 aliphatic carbocycles. The lowest BCUT2D eigenvalue weighted by Gasteiger charge is -2.22. The summed E-state index contributed by atoms with van der Waals surface area (Å²) in [7, 11) is 0. The Labute approximate surface area is 369 Å². The van der Waals surface area contributed by atoms with Crippen LogP contribution in [-0.2, 0) is 0 Å². The zero-order chi connectivity index (χ0) is 42.7. The lowest BCUT2D eigenvalue weighted by Crippen LogP contribution is -2.04. The Kier molecular flexibility index (Phi) is 8.79. The Morgan fingerprint density at radius 3 is 1.47 bits per heavy atom. The van der Waals surface area contributed by atoms with Crippen LogP contribution in [0.5, 0.6) is 0 Å². The van der Waals surface area contributed by atoms with E-state index in [2.05, 4.69) is 190 Å². The molecule has 0 bridgehead atoms. The van der Waals surface area contributed by atoms with Crippen LogP contribution in [0.2, 0.25) is 0 Å². The van der Waals surface area contributed by atoms with Crippen molar-refractivity contribution in [1.29, 1.82) is 0 Å². The molecule has 0 fully saturated rings. The highest BCUT2D eigenvalue weighted by Gasteiger charge is 2.24. The topological polar surface area (TPSA) is 74.3 Å². The number of hydrogen-bond donors (Lipinski definition) is 0. The summed E-state index contributed by atoms with van der Waals surface area (Å²) in [5.41, 5.74) is 14.2. The first kappa shape index (κ1) is 37.2. The van der Waals surface area contributed by atoms with Crippen LogP contribution >= 0.6 is 0 Å². The van der Waals surface area contributed by atoms with E-state index in [-0.39, 0.29) is 0 Å². The first-order chi connectivity index (χ1) is 31.6. The Morgan fingerprint density at radius 2 is 0.797 bits per heavy atom. The quantitative estimate of drug-likeness (QED) is 0.160. The van der Waals surface area contributed by atoms with E-state index < -0.39 is 0 Å². The number of nitrogens with zero attached hydrogens (tertiary/aromatic N) is 7. The summed E-state index contributed by atoms with van der Waals surface area (Å²) in [6.07, 6.45) is 0. The highest BCUT2D eigenvalue weighted by Crippen LogP contribution is 2.45. The third kappa shape index (κ3) is 6.16. The molecule has 7 nitrogen and oxygen atoms in total. The lowest BCUT2D eigenvalue weighted by atomic mass is 9.93. The highest BCUT2D eigenvalue weighted by atomic mass is 15.0. The standard InChI is InChI=1S/C57H39N7/c1-36-58-37(2)60-57(59-36)40-32-33-53-46(34-40)43-24-11-15-29-51(43)64(53)54-31-17-26-44(48-35-47(38-18-5-3-6-19-38)61-56(62-48)39-20-7-4-8-21-39)55(54)45-25-12-16-30-52(45)63-49-27-13-9-22-41(49)42-23-10-14-28-50(42)63/h3-35H,1-2H3. The first-order valence-corrected chi connectivity index (χ1v) is 21.5. The van der Waals surface area contributed by atoms with E-state index in [1.807, 2.05) is 38.1 Å². The molecule has 4 heterocycles. The summed E-state index contributed by atoms with van der Waals surface area (Å²) >= 11 is 0. The predicted octanol–water partition coefficient (Wildman–Crippen LogP) is 13.8. The van der Waals surface area contributed by atoms with E-state index in [4.69, 9.17) is 19.9 Å². The minimum atomic E-state index is 0.664. The number of hydrogen-bond acceptors (Lipinski definition) is 5. The third-order valence-corrected chi connectivity index (χ3v) is 12.2. The van der Waals surface area contributed by atoms with E-state index in [1.54, 1.807) is 0 Å². The van der Waals surface area contributed by atoms with E-state index >= 15 is 0 Å². The van der Waals surface area contributed by atoms with Crippen molar-refractivity contribution in [3.8, 4) is 67.8 Å². The van der Waals surface area contributed by atoms with Crippen molar-refractivity contribution in [2.45, 2.75) is 13.8 Å². The van der Waals surface area contributed by atoms with Crippen LogP contribution in [0.1, 0.15) is 11.6 Å². The monoisotopic (exact) mass is 821 g/mol. The molecule has 0 N–H and O–H groups in total. The molecule has 8 aromatic carbocycles. The van der Waals surface area contributed by atoms with E-state index in [1.165, 1.54) is 10.8 Å². The molecule has 12 rings (SSSR count). The maximum Gasteiger partial charge on any atom is 0.163 e. The fraction of sp³-hybridized carbons (Fsp3) is 0.0351. The second-order valence-electron chi connectivity index (χ2n) is 16.1. The molecule has 7 heteroatoms. The van der Waals surface area contributed by atoms with Gasteiger partial charge in [-0.05, 0) is 68.4 Å². The molecule has 64 heavy (non-hydrogen) atoms. The van der Waals surface area contributed by atoms with E-state index in [9.17, 15) is 0 Å². The van der Waals surface area contributed by atoms with Crippen LogP contribution in [0.4, 0.5) is 0 Å². The van der Waals surface area contributed by atoms with Crippen molar-refractivity contribution < 1.29 is 0 Å². The van der Waals surface area contributed by atoms with Gasteiger partial charge >= 0.3 is 0 Å². The molecular weight excluding hydrogens is 783 g/mol. The SMILES string of the molecule is Cc1nc(C)nc(-c2ccc3c(c2)c2ccccc2n3-c2cccc(-c3cc(-c4ccccc4)nc(-c4ccccc4)n3)c2-c2ccccc2-n2c3ccccc3c3ccccc32)n1. The zero-order valence-corrected chi connectivity index (χ0v) is 35.2. The molecule has 0 radical (unpaired) electrons. The van der Waals surface area contributed by atoms with Crippen molar-refractivity contribution >= 4 is 43.6 Å². The lowest BCUT2D eigenvalue weighted by molar-refractivity contribution is 0.929. The predicted molar refractivity (Wildman–Crippen MR) is 261 cm³/mol. The van der Waals surface area contributed by atoms with Crippen molar-refractivity contribution in [1.82, 2.24) is 34.1 Å². The number of benzene rings is 8. The van der Waals surface area contributed by atoms with Crippen molar-refractivity contribution in [3.63, 3.8) is 0 Å². The molecule has 0 atom stereocenters. The van der Waals surface area contributed by atoms with Gasteiger partial charge in [0.15, 0.2) is 11.6 Å². The van der Waals surface area contributed by atoms with Gasteiger partial charge in [0.1, 0.15) is 11.6 Å². The molecule has 302 valence electrons. The molecule has 0 aliphatic rings. The minimum Gasteiger partial charge on any atom is -0.309 e. The second kappa shape index (κ2) is 15.1. The van der Waals surface area contributed by atoms with Crippen LogP contribution in [0, 0.1) is 13.8 Å². The van der Waals surface area contributed by atoms with Gasteiger partial charge in [-0.25, -0.2) is 24.9 Å². The third-order valence-electron chi connectivity index (χ3n) is 12.2. The summed E-state index contributed by atoms with van der Waals surface area (Å²) in [5, 5.41) is 4.65. The minimum absolute atomic E-state index is 0.664.